The molecule has 0 bridgehead atoms. The molecule has 11 atom stereocenters. The van der Waals surface area contributed by atoms with E-state index in [-0.39, 0.29) is 45.9 Å². The summed E-state index contributed by atoms with van der Waals surface area (Å²) in [5, 5.41) is 2.71. The lowest BCUT2D eigenvalue weighted by Crippen LogP contribution is -2.68. The molecule has 1 saturated heterocycles. The van der Waals surface area contributed by atoms with Crippen molar-refractivity contribution in [3.8, 4) is 0 Å². The van der Waals surface area contributed by atoms with Gasteiger partial charge in [-0.05, 0) is 119 Å². The first-order chi connectivity index (χ1) is 23.7. The SMILES string of the molecule is CC(C)[C@@H]1CC(=O)O[C@H]([C@@H](C)[C@H]2CC(=O)[C@H]3[C@@H]4CC[C@H]5C[C@@H](O[Si](c6ccccc6)(c6ccccc6)C(C)(C)C)CC[C@]5(C)[C@H]4CC[C@]23C)C1. The Kier molecular flexibility index (Phi) is 9.62. The average Bonchev–Trinajstić information content (AvgIpc) is 3.36. The molecule has 2 aromatic carbocycles. The Morgan fingerprint density at radius 3 is 2.02 bits per heavy atom. The molecule has 7 rings (SSSR count). The summed E-state index contributed by atoms with van der Waals surface area (Å²) in [4.78, 5) is 26.9. The summed E-state index contributed by atoms with van der Waals surface area (Å²) in [7, 11) is -2.61. The number of carbonyl (C=O) groups excluding carboxylic acids is 2. The van der Waals surface area contributed by atoms with E-state index in [0.717, 1.165) is 32.1 Å². The van der Waals surface area contributed by atoms with Crippen LogP contribution >= 0.6 is 0 Å². The minimum absolute atomic E-state index is 0.00162. The smallest absolute Gasteiger partial charge is 0.306 e. The zero-order valence-electron chi connectivity index (χ0n) is 32.3. The third kappa shape index (κ3) is 5.89. The fourth-order valence-corrected chi connectivity index (χ4v) is 17.6. The van der Waals surface area contributed by atoms with Crippen molar-refractivity contribution in [1.82, 2.24) is 0 Å². The number of hydrogen-bond donors (Lipinski definition) is 0. The second-order valence-electron chi connectivity index (χ2n) is 19.4. The highest BCUT2D eigenvalue weighted by molar-refractivity contribution is 6.99. The first-order valence-electron chi connectivity index (χ1n) is 20.2. The number of cyclic esters (lactones) is 1. The number of Topliss-reactive ketones (excluding diaryl/α,β-unsaturated/α-hetero) is 1. The molecular formula is C45H64O4Si. The zero-order valence-corrected chi connectivity index (χ0v) is 33.3. The van der Waals surface area contributed by atoms with E-state index in [9.17, 15) is 9.59 Å². The van der Waals surface area contributed by atoms with Gasteiger partial charge in [-0.2, -0.15) is 0 Å². The van der Waals surface area contributed by atoms with Crippen molar-refractivity contribution in [2.45, 2.75) is 137 Å². The number of carbonyl (C=O) groups is 2. The summed E-state index contributed by atoms with van der Waals surface area (Å²) in [5.74, 6) is 3.70. The molecule has 0 radical (unpaired) electrons. The largest absolute Gasteiger partial charge is 0.462 e. The maximum absolute atomic E-state index is 14.2. The van der Waals surface area contributed by atoms with Gasteiger partial charge in [0.2, 0.25) is 0 Å². The highest BCUT2D eigenvalue weighted by Crippen LogP contribution is 2.68. The number of benzene rings is 2. The lowest BCUT2D eigenvalue weighted by Gasteiger charge is -2.61. The molecule has 50 heavy (non-hydrogen) atoms. The van der Waals surface area contributed by atoms with Crippen LogP contribution in [0.3, 0.4) is 0 Å². The standard InChI is InChI=1S/C45H64O4Si/c1-29(2)31-25-40(48-41(47)26-31)30(3)38-28-39(46)42-36-20-19-32-27-33(21-23-44(32,7)37(36)22-24-45(38,42)8)49-50(43(4,5)6,34-15-11-9-12-16-34)35-17-13-10-14-18-35/h9-18,29-33,36-38,40,42H,19-28H2,1-8H3/t30-,31-,32-,33-,36+,37-,38+,40-,42+,44-,45+/m0/s1. The van der Waals surface area contributed by atoms with E-state index in [1.54, 1.807) is 0 Å². The van der Waals surface area contributed by atoms with Gasteiger partial charge >= 0.3 is 5.97 Å². The molecule has 2 aromatic rings. The second-order valence-corrected chi connectivity index (χ2v) is 23.6. The molecule has 0 N–H and O–H groups in total. The normalized spacial score (nSPS) is 38.2. The van der Waals surface area contributed by atoms with Crippen molar-refractivity contribution in [1.29, 1.82) is 0 Å². The van der Waals surface area contributed by atoms with Gasteiger partial charge in [-0.1, -0.05) is 116 Å². The van der Waals surface area contributed by atoms with Crippen LogP contribution in [0, 0.1) is 58.2 Å². The van der Waals surface area contributed by atoms with Crippen LogP contribution in [-0.4, -0.2) is 32.3 Å². The minimum Gasteiger partial charge on any atom is -0.462 e. The summed E-state index contributed by atoms with van der Waals surface area (Å²) < 4.78 is 13.8. The lowest BCUT2D eigenvalue weighted by molar-refractivity contribution is -0.167. The van der Waals surface area contributed by atoms with Crippen LogP contribution in [0.4, 0.5) is 0 Å². The molecule has 1 aliphatic heterocycles. The summed E-state index contributed by atoms with van der Waals surface area (Å²) in [6, 6.07) is 22.3. The van der Waals surface area contributed by atoms with Crippen LogP contribution in [0.15, 0.2) is 60.7 Å². The molecule has 5 fully saturated rings. The van der Waals surface area contributed by atoms with Gasteiger partial charge in [0, 0.05) is 24.9 Å². The molecule has 0 amide bonds. The van der Waals surface area contributed by atoms with Gasteiger partial charge in [0.05, 0.1) is 0 Å². The molecule has 1 heterocycles. The predicted molar refractivity (Wildman–Crippen MR) is 205 cm³/mol. The Bertz CT molecular complexity index is 1490. The monoisotopic (exact) mass is 696 g/mol. The van der Waals surface area contributed by atoms with E-state index >= 15 is 0 Å². The summed E-state index contributed by atoms with van der Waals surface area (Å²) in [6.45, 7) is 19.0. The third-order valence-corrected chi connectivity index (χ3v) is 20.7. The van der Waals surface area contributed by atoms with E-state index in [1.165, 1.54) is 29.6 Å². The predicted octanol–water partition coefficient (Wildman–Crippen LogP) is 9.38. The number of ether oxygens (including phenoxy) is 1. The first-order valence-corrected chi connectivity index (χ1v) is 22.1. The molecule has 272 valence electrons. The first kappa shape index (κ1) is 36.1. The maximum atomic E-state index is 14.2. The van der Waals surface area contributed by atoms with E-state index in [4.69, 9.17) is 9.16 Å². The van der Waals surface area contributed by atoms with Gasteiger partial charge in [0.15, 0.2) is 0 Å². The summed E-state index contributed by atoms with van der Waals surface area (Å²) in [5.41, 5.74) is 0.255. The Balaban J connectivity index is 1.11. The number of rotatable bonds is 7. The summed E-state index contributed by atoms with van der Waals surface area (Å²) in [6.07, 6.45) is 10.5. The quantitative estimate of drug-likeness (QED) is 0.214. The fraction of sp³-hybridized carbons (Fsp3) is 0.689. The van der Waals surface area contributed by atoms with Crippen molar-refractivity contribution in [2.24, 2.45) is 58.2 Å². The highest BCUT2D eigenvalue weighted by atomic mass is 28.4. The van der Waals surface area contributed by atoms with Crippen LogP contribution in [0.25, 0.3) is 0 Å². The van der Waals surface area contributed by atoms with Crippen LogP contribution < -0.4 is 10.4 Å². The van der Waals surface area contributed by atoms with Gasteiger partial charge in [0.1, 0.15) is 11.9 Å². The van der Waals surface area contributed by atoms with Gasteiger partial charge in [-0.25, -0.2) is 0 Å². The van der Waals surface area contributed by atoms with Gasteiger partial charge < -0.3 is 9.16 Å². The van der Waals surface area contributed by atoms with Crippen LogP contribution in [0.5, 0.6) is 0 Å². The molecule has 0 spiro atoms. The van der Waals surface area contributed by atoms with E-state index < -0.39 is 8.32 Å². The van der Waals surface area contributed by atoms with Gasteiger partial charge in [-0.3, -0.25) is 9.59 Å². The Morgan fingerprint density at radius 1 is 0.800 bits per heavy atom. The lowest BCUT2D eigenvalue weighted by atomic mass is 9.44. The highest BCUT2D eigenvalue weighted by Gasteiger charge is 2.64. The molecule has 0 unspecified atom stereocenters. The van der Waals surface area contributed by atoms with Crippen molar-refractivity contribution in [2.75, 3.05) is 0 Å². The average molecular weight is 697 g/mol. The molecule has 0 aromatic heterocycles. The Morgan fingerprint density at radius 2 is 1.42 bits per heavy atom. The molecular weight excluding hydrogens is 633 g/mol. The second kappa shape index (κ2) is 13.3. The zero-order chi connectivity index (χ0) is 35.6. The van der Waals surface area contributed by atoms with Crippen molar-refractivity contribution >= 4 is 30.4 Å². The topological polar surface area (TPSA) is 52.6 Å². The maximum Gasteiger partial charge on any atom is 0.306 e. The van der Waals surface area contributed by atoms with Gasteiger partial charge in [-0.15, -0.1) is 0 Å². The van der Waals surface area contributed by atoms with Gasteiger partial charge in [0.25, 0.3) is 8.32 Å². The van der Waals surface area contributed by atoms with E-state index in [1.807, 2.05) is 0 Å². The van der Waals surface area contributed by atoms with E-state index in [2.05, 4.69) is 116 Å². The number of fused-ring (bicyclic) bond motifs is 5. The molecule has 5 heteroatoms. The molecule has 4 saturated carbocycles. The molecule has 5 aliphatic rings. The van der Waals surface area contributed by atoms with E-state index in [0.29, 0.717) is 54.1 Å². The van der Waals surface area contributed by atoms with Crippen LogP contribution in [0.1, 0.15) is 120 Å². The van der Waals surface area contributed by atoms with Crippen LogP contribution in [-0.2, 0) is 18.8 Å². The molecule has 4 nitrogen and oxygen atoms in total. The fourth-order valence-electron chi connectivity index (χ4n) is 12.8. The summed E-state index contributed by atoms with van der Waals surface area (Å²) >= 11 is 0. The number of ketones is 1. The third-order valence-electron chi connectivity index (χ3n) is 15.6. The van der Waals surface area contributed by atoms with Crippen LogP contribution in [0.2, 0.25) is 5.04 Å². The van der Waals surface area contributed by atoms with Crippen molar-refractivity contribution < 1.29 is 18.8 Å². The molecule has 4 aliphatic carbocycles. The number of hydrogen-bond acceptors (Lipinski definition) is 4. The number of esters is 1. The Hall–Kier alpha value is -2.24. The van der Waals surface area contributed by atoms with Crippen molar-refractivity contribution in [3.05, 3.63) is 60.7 Å². The minimum atomic E-state index is -2.61. The van der Waals surface area contributed by atoms with Crippen molar-refractivity contribution in [3.63, 3.8) is 0 Å². The Labute approximate surface area is 304 Å².